The van der Waals surface area contributed by atoms with Crippen LogP contribution in [0.15, 0.2) is 0 Å². The predicted molar refractivity (Wildman–Crippen MR) is 77.5 cm³/mol. The van der Waals surface area contributed by atoms with E-state index in [0.717, 1.165) is 25.9 Å². The van der Waals surface area contributed by atoms with E-state index in [1.807, 2.05) is 6.92 Å². The number of carboxylic acids is 1. The molecule has 7 nitrogen and oxygen atoms in total. The Morgan fingerprint density at radius 1 is 1.14 bits per heavy atom. The third kappa shape index (κ3) is 2.98. The molecule has 2 N–H and O–H groups in total. The van der Waals surface area contributed by atoms with Gasteiger partial charge in [-0.2, -0.15) is 0 Å². The molecule has 2 aliphatic rings. The molecule has 0 aromatic carbocycles. The SMILES string of the molecule is CCC1(C(=O)O)CN(C(=O)O)CCN1C1CCN(C)CC1. The molecule has 2 fully saturated rings. The van der Waals surface area contributed by atoms with Gasteiger partial charge in [0.05, 0.1) is 6.54 Å². The third-order valence-corrected chi connectivity index (χ3v) is 5.00. The second-order valence-corrected chi connectivity index (χ2v) is 6.12. The van der Waals surface area contributed by atoms with Crippen molar-refractivity contribution in [1.82, 2.24) is 14.7 Å². The van der Waals surface area contributed by atoms with E-state index in [2.05, 4.69) is 16.8 Å². The van der Waals surface area contributed by atoms with Gasteiger partial charge in [0.15, 0.2) is 0 Å². The van der Waals surface area contributed by atoms with Gasteiger partial charge in [0.2, 0.25) is 0 Å². The summed E-state index contributed by atoms with van der Waals surface area (Å²) in [6, 6.07) is 0.230. The molecule has 0 aliphatic carbocycles. The molecule has 120 valence electrons. The van der Waals surface area contributed by atoms with E-state index in [9.17, 15) is 19.8 Å². The number of hydrogen-bond donors (Lipinski definition) is 2. The Bertz CT molecular complexity index is 409. The Morgan fingerprint density at radius 3 is 2.24 bits per heavy atom. The Balaban J connectivity index is 2.22. The average molecular weight is 299 g/mol. The molecule has 0 radical (unpaired) electrons. The van der Waals surface area contributed by atoms with Crippen LogP contribution in [-0.4, -0.2) is 88.3 Å². The Morgan fingerprint density at radius 2 is 1.76 bits per heavy atom. The molecule has 1 atom stereocenters. The highest BCUT2D eigenvalue weighted by Crippen LogP contribution is 2.31. The van der Waals surface area contributed by atoms with Crippen LogP contribution in [0.2, 0.25) is 0 Å². The summed E-state index contributed by atoms with van der Waals surface area (Å²) in [5.41, 5.74) is -1.09. The van der Waals surface area contributed by atoms with Gasteiger partial charge in [0.25, 0.3) is 0 Å². The highest BCUT2D eigenvalue weighted by Gasteiger charge is 2.50. The monoisotopic (exact) mass is 299 g/mol. The first kappa shape index (κ1) is 16.0. The van der Waals surface area contributed by atoms with Gasteiger partial charge >= 0.3 is 12.1 Å². The zero-order valence-corrected chi connectivity index (χ0v) is 12.8. The smallest absolute Gasteiger partial charge is 0.407 e. The van der Waals surface area contributed by atoms with Crippen molar-refractivity contribution in [3.05, 3.63) is 0 Å². The zero-order valence-electron chi connectivity index (χ0n) is 12.8. The molecule has 2 saturated heterocycles. The van der Waals surface area contributed by atoms with E-state index in [-0.39, 0.29) is 12.6 Å². The number of likely N-dealkylation sites (tertiary alicyclic amines) is 1. The van der Waals surface area contributed by atoms with Crippen molar-refractivity contribution in [2.24, 2.45) is 0 Å². The van der Waals surface area contributed by atoms with Crippen LogP contribution in [0.25, 0.3) is 0 Å². The van der Waals surface area contributed by atoms with Gasteiger partial charge in [0.1, 0.15) is 5.54 Å². The molecule has 2 aliphatic heterocycles. The fourth-order valence-corrected chi connectivity index (χ4v) is 3.59. The topological polar surface area (TPSA) is 84.3 Å². The molecule has 2 heterocycles. The van der Waals surface area contributed by atoms with Gasteiger partial charge in [-0.1, -0.05) is 6.92 Å². The summed E-state index contributed by atoms with van der Waals surface area (Å²) in [4.78, 5) is 28.7. The van der Waals surface area contributed by atoms with E-state index in [1.165, 1.54) is 4.90 Å². The largest absolute Gasteiger partial charge is 0.480 e. The molecule has 1 amide bonds. The Labute approximate surface area is 125 Å². The molecule has 0 saturated carbocycles. The summed E-state index contributed by atoms with van der Waals surface area (Å²) in [5.74, 6) is -0.908. The van der Waals surface area contributed by atoms with E-state index in [4.69, 9.17) is 0 Å². The van der Waals surface area contributed by atoms with Crippen molar-refractivity contribution in [1.29, 1.82) is 0 Å². The summed E-state index contributed by atoms with van der Waals surface area (Å²) < 4.78 is 0. The van der Waals surface area contributed by atoms with E-state index >= 15 is 0 Å². The Hall–Kier alpha value is -1.34. The second-order valence-electron chi connectivity index (χ2n) is 6.12. The van der Waals surface area contributed by atoms with Gasteiger partial charge in [-0.25, -0.2) is 4.79 Å². The molecule has 21 heavy (non-hydrogen) atoms. The lowest BCUT2D eigenvalue weighted by Gasteiger charge is -2.51. The van der Waals surface area contributed by atoms with Crippen molar-refractivity contribution in [3.63, 3.8) is 0 Å². The first-order valence-electron chi connectivity index (χ1n) is 7.57. The van der Waals surface area contributed by atoms with Gasteiger partial charge in [-0.15, -0.1) is 0 Å². The summed E-state index contributed by atoms with van der Waals surface area (Å²) in [6.45, 7) is 4.70. The molecular formula is C14H25N3O4. The van der Waals surface area contributed by atoms with Gasteiger partial charge in [-0.05, 0) is 39.4 Å². The first-order chi connectivity index (χ1) is 9.90. The minimum absolute atomic E-state index is 0.0561. The number of carbonyl (C=O) groups is 2. The number of carboxylic acid groups (broad SMARTS) is 2. The Kier molecular flexibility index (Phi) is 4.73. The predicted octanol–water partition coefficient (Wildman–Crippen LogP) is 0.610. The second kappa shape index (κ2) is 6.19. The standard InChI is InChI=1S/C14H25N3O4/c1-3-14(12(18)19)10-16(13(20)21)8-9-17(14)11-4-6-15(2)7-5-11/h11H,3-10H2,1-2H3,(H,18,19)(H,20,21). The van der Waals surface area contributed by atoms with E-state index in [0.29, 0.717) is 19.5 Å². The number of piperidine rings is 1. The molecule has 0 aromatic rings. The van der Waals surface area contributed by atoms with Gasteiger partial charge in [-0.3, -0.25) is 9.69 Å². The van der Waals surface area contributed by atoms with E-state index < -0.39 is 17.6 Å². The molecular weight excluding hydrogens is 274 g/mol. The van der Waals surface area contributed by atoms with E-state index in [1.54, 1.807) is 0 Å². The highest BCUT2D eigenvalue weighted by molar-refractivity contribution is 5.80. The van der Waals surface area contributed by atoms with Gasteiger partial charge < -0.3 is 20.0 Å². The number of rotatable bonds is 3. The van der Waals surface area contributed by atoms with Crippen LogP contribution in [0.1, 0.15) is 26.2 Å². The van der Waals surface area contributed by atoms with Crippen LogP contribution < -0.4 is 0 Å². The lowest BCUT2D eigenvalue weighted by Crippen LogP contribution is -2.69. The van der Waals surface area contributed by atoms with Crippen LogP contribution in [0.5, 0.6) is 0 Å². The average Bonchev–Trinajstić information content (AvgIpc) is 2.47. The number of aliphatic carboxylic acids is 1. The lowest BCUT2D eigenvalue weighted by atomic mass is 9.87. The number of piperazine rings is 1. The summed E-state index contributed by atoms with van der Waals surface area (Å²) >= 11 is 0. The fourth-order valence-electron chi connectivity index (χ4n) is 3.59. The number of nitrogens with zero attached hydrogens (tertiary/aromatic N) is 3. The fraction of sp³-hybridized carbons (Fsp3) is 0.857. The minimum atomic E-state index is -1.09. The quantitative estimate of drug-likeness (QED) is 0.794. The van der Waals surface area contributed by atoms with Crippen molar-refractivity contribution in [2.75, 3.05) is 39.8 Å². The number of hydrogen-bond acceptors (Lipinski definition) is 4. The van der Waals surface area contributed by atoms with Crippen LogP contribution in [0, 0.1) is 0 Å². The van der Waals surface area contributed by atoms with Crippen LogP contribution in [0.3, 0.4) is 0 Å². The van der Waals surface area contributed by atoms with Crippen LogP contribution >= 0.6 is 0 Å². The van der Waals surface area contributed by atoms with Crippen LogP contribution in [-0.2, 0) is 4.79 Å². The zero-order chi connectivity index (χ0) is 15.6. The molecule has 0 bridgehead atoms. The normalized spacial score (nSPS) is 29.5. The highest BCUT2D eigenvalue weighted by atomic mass is 16.4. The first-order valence-corrected chi connectivity index (χ1v) is 7.57. The summed E-state index contributed by atoms with van der Waals surface area (Å²) in [6.07, 6.45) is 1.27. The molecule has 7 heteroatoms. The van der Waals surface area contributed by atoms with Gasteiger partial charge in [0, 0.05) is 19.1 Å². The summed E-state index contributed by atoms with van der Waals surface area (Å²) in [5, 5.41) is 19.0. The maximum Gasteiger partial charge on any atom is 0.407 e. The third-order valence-electron chi connectivity index (χ3n) is 5.00. The maximum absolute atomic E-state index is 11.9. The number of amides is 1. The van der Waals surface area contributed by atoms with Crippen LogP contribution in [0.4, 0.5) is 4.79 Å². The summed E-state index contributed by atoms with van der Waals surface area (Å²) in [7, 11) is 2.07. The molecule has 2 rings (SSSR count). The molecule has 0 aromatic heterocycles. The van der Waals surface area contributed by atoms with Crippen molar-refractivity contribution >= 4 is 12.1 Å². The van der Waals surface area contributed by atoms with Crippen molar-refractivity contribution in [3.8, 4) is 0 Å². The molecule has 0 spiro atoms. The van der Waals surface area contributed by atoms with Crippen molar-refractivity contribution < 1.29 is 19.8 Å². The molecule has 1 unspecified atom stereocenters. The lowest BCUT2D eigenvalue weighted by molar-refractivity contribution is -0.160. The minimum Gasteiger partial charge on any atom is -0.480 e. The maximum atomic E-state index is 11.9. The van der Waals surface area contributed by atoms with Crippen molar-refractivity contribution in [2.45, 2.75) is 37.8 Å².